The van der Waals surface area contributed by atoms with Crippen LogP contribution < -0.4 is 4.74 Å². The van der Waals surface area contributed by atoms with E-state index in [0.29, 0.717) is 17.0 Å². The van der Waals surface area contributed by atoms with Crippen LogP contribution >= 0.6 is 0 Å². The molecule has 5 rings (SSSR count). The summed E-state index contributed by atoms with van der Waals surface area (Å²) < 4.78 is 5.22. The maximum absolute atomic E-state index is 13.2. The molecule has 172 valence electrons. The van der Waals surface area contributed by atoms with Gasteiger partial charge in [-0.2, -0.15) is 0 Å². The number of aliphatic hydroxyl groups is 1. The number of rotatable bonds is 5. The van der Waals surface area contributed by atoms with E-state index < -0.39 is 17.7 Å². The summed E-state index contributed by atoms with van der Waals surface area (Å²) in [4.78, 5) is 32.3. The Hall–Kier alpha value is -3.93. The lowest BCUT2D eigenvalue weighted by Crippen LogP contribution is -2.29. The largest absolute Gasteiger partial charge is 0.507 e. The van der Waals surface area contributed by atoms with Crippen molar-refractivity contribution >= 4 is 17.4 Å². The van der Waals surface area contributed by atoms with Crippen LogP contribution in [0.3, 0.4) is 0 Å². The van der Waals surface area contributed by atoms with Crippen molar-refractivity contribution in [2.75, 3.05) is 7.11 Å². The third-order valence-electron chi connectivity index (χ3n) is 6.64. The monoisotopic (exact) mass is 454 g/mol. The zero-order chi connectivity index (χ0) is 23.7. The molecule has 2 aliphatic rings. The number of amides is 1. The van der Waals surface area contributed by atoms with Crippen LogP contribution in [0.1, 0.15) is 46.8 Å². The number of carbonyl (C=O) groups is 2. The number of aromatic nitrogens is 1. The number of fused-ring (bicyclic) bond motifs is 1. The van der Waals surface area contributed by atoms with Crippen molar-refractivity contribution in [1.29, 1.82) is 0 Å². The Morgan fingerprint density at radius 2 is 1.79 bits per heavy atom. The second kappa shape index (κ2) is 9.14. The maximum atomic E-state index is 13.2. The molecule has 1 aliphatic heterocycles. The highest BCUT2D eigenvalue weighted by Crippen LogP contribution is 2.40. The summed E-state index contributed by atoms with van der Waals surface area (Å²) in [5.41, 5.74) is 4.49. The van der Waals surface area contributed by atoms with Gasteiger partial charge in [-0.3, -0.25) is 14.6 Å². The summed E-state index contributed by atoms with van der Waals surface area (Å²) in [6.07, 6.45) is 5.87. The number of methoxy groups -OCH3 is 1. The van der Waals surface area contributed by atoms with Crippen molar-refractivity contribution in [3.05, 3.63) is 100 Å². The number of ether oxygens (including phenoxy) is 1. The number of hydrogen-bond acceptors (Lipinski definition) is 5. The lowest BCUT2D eigenvalue weighted by molar-refractivity contribution is -0.140. The number of hydrogen-bond donors (Lipinski definition) is 1. The van der Waals surface area contributed by atoms with E-state index in [-0.39, 0.29) is 17.9 Å². The number of ketones is 1. The van der Waals surface area contributed by atoms with E-state index in [9.17, 15) is 14.7 Å². The second-order valence-electron chi connectivity index (χ2n) is 8.72. The molecule has 3 aromatic rings. The van der Waals surface area contributed by atoms with Gasteiger partial charge in [-0.05, 0) is 72.7 Å². The van der Waals surface area contributed by atoms with Crippen molar-refractivity contribution < 1.29 is 19.4 Å². The Bertz CT molecular complexity index is 1270. The topological polar surface area (TPSA) is 79.7 Å². The minimum atomic E-state index is -0.778. The number of aliphatic hydroxyl groups excluding tert-OH is 1. The van der Waals surface area contributed by atoms with Gasteiger partial charge in [0.2, 0.25) is 0 Å². The van der Waals surface area contributed by atoms with Gasteiger partial charge < -0.3 is 14.7 Å². The Labute approximate surface area is 198 Å². The van der Waals surface area contributed by atoms with Crippen molar-refractivity contribution in [2.45, 2.75) is 38.3 Å². The van der Waals surface area contributed by atoms with Crippen LogP contribution in [0.15, 0.2) is 72.4 Å². The fourth-order valence-corrected chi connectivity index (χ4v) is 4.85. The number of carbonyl (C=O) groups excluding carboxylic acids is 2. The molecule has 1 saturated heterocycles. The molecule has 1 N–H and O–H groups in total. The van der Waals surface area contributed by atoms with E-state index in [2.05, 4.69) is 4.98 Å². The molecule has 1 amide bonds. The lowest BCUT2D eigenvalue weighted by Gasteiger charge is -2.25. The van der Waals surface area contributed by atoms with Gasteiger partial charge >= 0.3 is 0 Å². The molecule has 1 atom stereocenters. The van der Waals surface area contributed by atoms with E-state index >= 15 is 0 Å². The number of likely N-dealkylation sites (tertiary alicyclic amines) is 1. The van der Waals surface area contributed by atoms with Crippen LogP contribution in [-0.2, 0) is 29.0 Å². The number of Topliss-reactive ketones (excluding diaryl/α,β-unsaturated/α-hetero) is 1. The molecule has 1 fully saturated rings. The zero-order valence-corrected chi connectivity index (χ0v) is 19.0. The summed E-state index contributed by atoms with van der Waals surface area (Å²) in [6.45, 7) is 0.205. The standard InChI is InChI=1S/C28H26N2O4/c1-34-22-13-9-18(10-14-22)17-30-25(23-8-4-5-15-29-23)24(27(32)28(30)33)26(31)21-12-11-19-6-2-3-7-20(19)16-21/h4-5,8-16,25,31H,2-3,6-7,17H2,1H3/b26-24-. The predicted octanol–water partition coefficient (Wildman–Crippen LogP) is 4.59. The molecule has 1 aliphatic carbocycles. The highest BCUT2D eigenvalue weighted by Gasteiger charge is 2.46. The molecule has 2 heterocycles. The van der Waals surface area contributed by atoms with Crippen LogP contribution in [0.5, 0.6) is 5.75 Å². The molecule has 6 heteroatoms. The predicted molar refractivity (Wildman–Crippen MR) is 128 cm³/mol. The average Bonchev–Trinajstić information content (AvgIpc) is 3.14. The molecule has 2 aromatic carbocycles. The first-order valence-corrected chi connectivity index (χ1v) is 11.5. The summed E-state index contributed by atoms with van der Waals surface area (Å²) in [5, 5.41) is 11.3. The molecular formula is C28H26N2O4. The molecule has 34 heavy (non-hydrogen) atoms. The van der Waals surface area contributed by atoms with Gasteiger partial charge in [0.05, 0.1) is 18.4 Å². The van der Waals surface area contributed by atoms with Crippen molar-refractivity contribution in [2.24, 2.45) is 0 Å². The van der Waals surface area contributed by atoms with Crippen LogP contribution in [0, 0.1) is 0 Å². The van der Waals surface area contributed by atoms with E-state index in [1.807, 2.05) is 48.5 Å². The van der Waals surface area contributed by atoms with Crippen LogP contribution in [0.4, 0.5) is 0 Å². The van der Waals surface area contributed by atoms with Crippen LogP contribution in [-0.4, -0.2) is 33.8 Å². The average molecular weight is 455 g/mol. The quantitative estimate of drug-likeness (QED) is 0.347. The van der Waals surface area contributed by atoms with Crippen molar-refractivity contribution in [3.63, 3.8) is 0 Å². The summed E-state index contributed by atoms with van der Waals surface area (Å²) in [5.74, 6) is -0.788. The maximum Gasteiger partial charge on any atom is 0.296 e. The fraction of sp³-hybridized carbons (Fsp3) is 0.250. The highest BCUT2D eigenvalue weighted by molar-refractivity contribution is 6.46. The molecular weight excluding hydrogens is 428 g/mol. The van der Waals surface area contributed by atoms with Gasteiger partial charge in [0.25, 0.3) is 11.7 Å². The van der Waals surface area contributed by atoms with Gasteiger partial charge in [0, 0.05) is 18.3 Å². The minimum absolute atomic E-state index is 0.0768. The fourth-order valence-electron chi connectivity index (χ4n) is 4.85. The second-order valence-corrected chi connectivity index (χ2v) is 8.72. The van der Waals surface area contributed by atoms with Gasteiger partial charge in [0.1, 0.15) is 17.6 Å². The minimum Gasteiger partial charge on any atom is -0.507 e. The number of aryl methyl sites for hydroxylation is 2. The molecule has 1 aromatic heterocycles. The van der Waals surface area contributed by atoms with Gasteiger partial charge in [-0.15, -0.1) is 0 Å². The zero-order valence-electron chi connectivity index (χ0n) is 19.0. The Morgan fingerprint density at radius 1 is 1.03 bits per heavy atom. The van der Waals surface area contributed by atoms with E-state index in [4.69, 9.17) is 4.74 Å². The molecule has 1 unspecified atom stereocenters. The summed E-state index contributed by atoms with van der Waals surface area (Å²) >= 11 is 0. The molecule has 0 spiro atoms. The van der Waals surface area contributed by atoms with E-state index in [0.717, 1.165) is 31.2 Å². The third-order valence-corrected chi connectivity index (χ3v) is 6.64. The van der Waals surface area contributed by atoms with Crippen molar-refractivity contribution in [3.8, 4) is 5.75 Å². The number of pyridine rings is 1. The SMILES string of the molecule is COc1ccc(CN2C(=O)C(=O)/C(=C(\O)c3ccc4c(c3)CCCC4)C2c2ccccn2)cc1. The first-order chi connectivity index (χ1) is 16.6. The number of benzene rings is 2. The summed E-state index contributed by atoms with van der Waals surface area (Å²) in [7, 11) is 1.59. The first-order valence-electron chi connectivity index (χ1n) is 11.5. The molecule has 6 nitrogen and oxygen atoms in total. The van der Waals surface area contributed by atoms with Crippen LogP contribution in [0.25, 0.3) is 5.76 Å². The van der Waals surface area contributed by atoms with Crippen molar-refractivity contribution in [1.82, 2.24) is 9.88 Å². The van der Waals surface area contributed by atoms with E-state index in [1.54, 1.807) is 25.4 Å². The van der Waals surface area contributed by atoms with Crippen LogP contribution in [0.2, 0.25) is 0 Å². The number of nitrogens with zero attached hydrogens (tertiary/aromatic N) is 2. The Kier molecular flexibility index (Phi) is 5.88. The van der Waals surface area contributed by atoms with Gasteiger partial charge in [0.15, 0.2) is 0 Å². The Morgan fingerprint density at radius 3 is 2.50 bits per heavy atom. The summed E-state index contributed by atoms with van der Waals surface area (Å²) in [6, 6.07) is 17.8. The van der Waals surface area contributed by atoms with Gasteiger partial charge in [-0.1, -0.05) is 30.3 Å². The smallest absolute Gasteiger partial charge is 0.296 e. The third kappa shape index (κ3) is 3.96. The lowest BCUT2D eigenvalue weighted by atomic mass is 9.89. The molecule has 0 bridgehead atoms. The van der Waals surface area contributed by atoms with Gasteiger partial charge in [-0.25, -0.2) is 0 Å². The first kappa shape index (κ1) is 21.9. The van der Waals surface area contributed by atoms with E-state index in [1.165, 1.54) is 16.0 Å². The Balaban J connectivity index is 1.59. The normalized spacial score (nSPS) is 19.2. The molecule has 0 saturated carbocycles. The highest BCUT2D eigenvalue weighted by atomic mass is 16.5. The molecule has 0 radical (unpaired) electrons.